The monoisotopic (exact) mass is 328 g/mol. The van der Waals surface area contributed by atoms with Crippen molar-refractivity contribution >= 4 is 11.6 Å². The minimum atomic E-state index is -0.286. The van der Waals surface area contributed by atoms with Gasteiger partial charge in [0.25, 0.3) is 5.91 Å². The van der Waals surface area contributed by atoms with Crippen LogP contribution in [0.5, 0.6) is 0 Å². The minimum Gasteiger partial charge on any atom is -0.378 e. The van der Waals surface area contributed by atoms with Crippen LogP contribution in [0, 0.1) is 5.92 Å². The number of carbonyl (C=O) groups excluding carboxylic acids is 1. The van der Waals surface area contributed by atoms with Crippen LogP contribution in [0.15, 0.2) is 28.8 Å². The first-order valence-corrected chi connectivity index (χ1v) is 8.37. The molecule has 1 fully saturated rings. The maximum atomic E-state index is 12.6. The molecule has 1 aromatic carbocycles. The lowest BCUT2D eigenvalue weighted by atomic mass is 10.0. The van der Waals surface area contributed by atoms with Crippen LogP contribution in [0.1, 0.15) is 60.7 Å². The topological polar surface area (TPSA) is 71.3 Å². The molecular weight excluding hydrogens is 304 g/mol. The molecule has 0 saturated heterocycles. The second-order valence-corrected chi connectivity index (χ2v) is 6.90. The second kappa shape index (κ2) is 6.63. The zero-order valence-electron chi connectivity index (χ0n) is 14.6. The van der Waals surface area contributed by atoms with Crippen LogP contribution in [0.25, 0.3) is 0 Å². The molecule has 0 aliphatic heterocycles. The molecule has 2 aromatic rings. The van der Waals surface area contributed by atoms with Gasteiger partial charge in [-0.1, -0.05) is 19.0 Å². The number of benzene rings is 1. The van der Waals surface area contributed by atoms with Gasteiger partial charge in [0, 0.05) is 31.3 Å². The van der Waals surface area contributed by atoms with Crippen molar-refractivity contribution in [3.63, 3.8) is 0 Å². The average molecular weight is 328 g/mol. The van der Waals surface area contributed by atoms with Crippen LogP contribution in [0.4, 0.5) is 5.69 Å². The minimum absolute atomic E-state index is 0.134. The summed E-state index contributed by atoms with van der Waals surface area (Å²) < 4.78 is 5.39. The Morgan fingerprint density at radius 2 is 1.92 bits per heavy atom. The van der Waals surface area contributed by atoms with Gasteiger partial charge < -0.3 is 14.7 Å². The number of amides is 1. The van der Waals surface area contributed by atoms with Crippen molar-refractivity contribution in [2.75, 3.05) is 19.0 Å². The van der Waals surface area contributed by atoms with E-state index in [1.165, 1.54) is 0 Å². The number of nitrogens with zero attached hydrogens (tertiary/aromatic N) is 3. The predicted molar refractivity (Wildman–Crippen MR) is 92.1 cm³/mol. The van der Waals surface area contributed by atoms with Crippen LogP contribution in [0.3, 0.4) is 0 Å². The molecule has 1 saturated carbocycles. The molecule has 1 aliphatic rings. The summed E-state index contributed by atoms with van der Waals surface area (Å²) in [5.41, 5.74) is 1.67. The van der Waals surface area contributed by atoms with E-state index in [4.69, 9.17) is 4.52 Å². The zero-order chi connectivity index (χ0) is 17.3. The van der Waals surface area contributed by atoms with Crippen molar-refractivity contribution < 1.29 is 9.32 Å². The van der Waals surface area contributed by atoms with Crippen molar-refractivity contribution in [2.24, 2.45) is 5.92 Å². The van der Waals surface area contributed by atoms with E-state index in [0.717, 1.165) is 24.4 Å². The number of carbonyl (C=O) groups is 1. The molecule has 0 spiro atoms. The largest absolute Gasteiger partial charge is 0.378 e. The molecule has 24 heavy (non-hydrogen) atoms. The quantitative estimate of drug-likeness (QED) is 0.882. The number of nitrogens with one attached hydrogen (secondary N) is 1. The summed E-state index contributed by atoms with van der Waals surface area (Å²) >= 11 is 0. The van der Waals surface area contributed by atoms with E-state index < -0.39 is 0 Å². The molecule has 6 nitrogen and oxygen atoms in total. The van der Waals surface area contributed by atoms with Crippen LogP contribution < -0.4 is 10.2 Å². The Balaban J connectivity index is 1.73. The third-order valence-electron chi connectivity index (χ3n) is 4.27. The summed E-state index contributed by atoms with van der Waals surface area (Å²) in [6.45, 7) is 4.06. The highest BCUT2D eigenvalue weighted by Gasteiger charge is 2.31. The Labute approximate surface area is 142 Å². The van der Waals surface area contributed by atoms with Crippen LogP contribution >= 0.6 is 0 Å². The van der Waals surface area contributed by atoms with E-state index in [1.807, 2.05) is 57.1 Å². The van der Waals surface area contributed by atoms with Gasteiger partial charge in [-0.25, -0.2) is 0 Å². The van der Waals surface area contributed by atoms with Gasteiger partial charge in [0.05, 0.1) is 0 Å². The number of anilines is 1. The van der Waals surface area contributed by atoms with Gasteiger partial charge in [0.1, 0.15) is 6.04 Å². The highest BCUT2D eigenvalue weighted by Crippen LogP contribution is 2.38. The highest BCUT2D eigenvalue weighted by molar-refractivity contribution is 5.94. The fourth-order valence-corrected chi connectivity index (χ4v) is 2.53. The molecule has 1 N–H and O–H groups in total. The molecular formula is C18H24N4O2. The lowest BCUT2D eigenvalue weighted by Crippen LogP contribution is -2.32. The van der Waals surface area contributed by atoms with Gasteiger partial charge in [-0.2, -0.15) is 4.98 Å². The fourth-order valence-electron chi connectivity index (χ4n) is 2.53. The number of rotatable bonds is 6. The summed E-state index contributed by atoms with van der Waals surface area (Å²) in [4.78, 5) is 19.0. The lowest BCUT2D eigenvalue weighted by Gasteiger charge is -2.19. The predicted octanol–water partition coefficient (Wildman–Crippen LogP) is 3.14. The summed E-state index contributed by atoms with van der Waals surface area (Å²) in [5.74, 6) is 1.71. The molecule has 1 atom stereocenters. The maximum Gasteiger partial charge on any atom is 0.251 e. The molecule has 6 heteroatoms. The van der Waals surface area contributed by atoms with Crippen LogP contribution in [-0.4, -0.2) is 30.1 Å². The average Bonchev–Trinajstić information content (AvgIpc) is 3.30. The standard InChI is InChI=1S/C18H24N4O2/c1-11(2)15(18-20-16(21-24-18)12-5-6-12)19-17(23)13-7-9-14(10-8-13)22(3)4/h7-12,15H,5-6H2,1-4H3,(H,19,23)/t15-/m0/s1. The van der Waals surface area contributed by atoms with Crippen molar-refractivity contribution in [1.82, 2.24) is 15.5 Å². The van der Waals surface area contributed by atoms with Crippen molar-refractivity contribution in [3.05, 3.63) is 41.5 Å². The van der Waals surface area contributed by atoms with Crippen molar-refractivity contribution in [3.8, 4) is 0 Å². The number of aromatic nitrogens is 2. The van der Waals surface area contributed by atoms with E-state index in [0.29, 0.717) is 17.4 Å². The van der Waals surface area contributed by atoms with Gasteiger partial charge in [-0.05, 0) is 43.0 Å². The van der Waals surface area contributed by atoms with E-state index >= 15 is 0 Å². The number of hydrogen-bond donors (Lipinski definition) is 1. The Morgan fingerprint density at radius 3 is 2.46 bits per heavy atom. The smallest absolute Gasteiger partial charge is 0.251 e. The summed E-state index contributed by atoms with van der Waals surface area (Å²) in [5, 5.41) is 7.07. The molecule has 3 rings (SSSR count). The van der Waals surface area contributed by atoms with Gasteiger partial charge in [-0.15, -0.1) is 0 Å². The summed E-state index contributed by atoms with van der Waals surface area (Å²) in [6, 6.07) is 7.22. The third kappa shape index (κ3) is 3.58. The van der Waals surface area contributed by atoms with E-state index in [1.54, 1.807) is 0 Å². The molecule has 1 amide bonds. The second-order valence-electron chi connectivity index (χ2n) is 6.90. The molecule has 0 unspecified atom stereocenters. The molecule has 1 aliphatic carbocycles. The van der Waals surface area contributed by atoms with E-state index in [-0.39, 0.29) is 17.9 Å². The van der Waals surface area contributed by atoms with E-state index in [9.17, 15) is 4.79 Å². The molecule has 1 heterocycles. The maximum absolute atomic E-state index is 12.6. The molecule has 0 bridgehead atoms. The first-order chi connectivity index (χ1) is 11.5. The third-order valence-corrected chi connectivity index (χ3v) is 4.27. The van der Waals surface area contributed by atoms with Crippen LogP contribution in [-0.2, 0) is 0 Å². The SMILES string of the molecule is CC(C)[C@H](NC(=O)c1ccc(N(C)C)cc1)c1nc(C2CC2)no1. The van der Waals surface area contributed by atoms with Crippen molar-refractivity contribution in [2.45, 2.75) is 38.6 Å². The number of hydrogen-bond acceptors (Lipinski definition) is 5. The Morgan fingerprint density at radius 1 is 1.25 bits per heavy atom. The Kier molecular flexibility index (Phi) is 4.55. The lowest BCUT2D eigenvalue weighted by molar-refractivity contribution is 0.0914. The van der Waals surface area contributed by atoms with Gasteiger partial charge in [0.15, 0.2) is 5.82 Å². The molecule has 128 valence electrons. The normalized spacial score (nSPS) is 15.4. The van der Waals surface area contributed by atoms with E-state index in [2.05, 4.69) is 15.5 Å². The Hall–Kier alpha value is -2.37. The van der Waals surface area contributed by atoms with Crippen LogP contribution in [0.2, 0.25) is 0 Å². The Bertz CT molecular complexity index is 702. The van der Waals surface area contributed by atoms with Gasteiger partial charge in [0.2, 0.25) is 5.89 Å². The first kappa shape index (κ1) is 16.5. The highest BCUT2D eigenvalue weighted by atomic mass is 16.5. The molecule has 0 radical (unpaired) electrons. The van der Waals surface area contributed by atoms with Gasteiger partial charge in [-0.3, -0.25) is 4.79 Å². The zero-order valence-corrected chi connectivity index (χ0v) is 14.6. The molecule has 1 aromatic heterocycles. The van der Waals surface area contributed by atoms with Crippen molar-refractivity contribution in [1.29, 1.82) is 0 Å². The summed E-state index contributed by atoms with van der Waals surface area (Å²) in [6.07, 6.45) is 2.24. The van der Waals surface area contributed by atoms with Gasteiger partial charge >= 0.3 is 0 Å². The summed E-state index contributed by atoms with van der Waals surface area (Å²) in [7, 11) is 3.94. The fraction of sp³-hybridized carbons (Fsp3) is 0.500. The first-order valence-electron chi connectivity index (χ1n) is 8.37.